The van der Waals surface area contributed by atoms with Crippen LogP contribution in [0.3, 0.4) is 0 Å². The average Bonchev–Trinajstić information content (AvgIpc) is 3.00. The zero-order valence-corrected chi connectivity index (χ0v) is 11.7. The molecule has 0 saturated heterocycles. The molecule has 1 N–H and O–H groups in total. The number of carbonyl (C=O) groups is 1. The van der Waals surface area contributed by atoms with E-state index in [9.17, 15) is 9.90 Å². The lowest BCUT2D eigenvalue weighted by atomic mass is 9.91. The van der Waals surface area contributed by atoms with Crippen LogP contribution in [-0.4, -0.2) is 17.9 Å². The minimum Gasteiger partial charge on any atom is -0.481 e. The van der Waals surface area contributed by atoms with E-state index in [1.807, 2.05) is 6.07 Å². The second-order valence-corrected chi connectivity index (χ2v) is 5.02. The monoisotopic (exact) mass is 295 g/mol. The lowest BCUT2D eigenvalue weighted by molar-refractivity contribution is -0.138. The maximum atomic E-state index is 11.6. The molecule has 0 bridgehead atoms. The standard InChI is InChI=1S/C17H13NO4/c18-9-12-3-1-11(2-4-12)7-14(17(19)20)13-5-6-15-16(8-13)22-10-21-15/h1-6,8,14H,7,10H2,(H,19,20). The van der Waals surface area contributed by atoms with Crippen molar-refractivity contribution < 1.29 is 19.4 Å². The van der Waals surface area contributed by atoms with Gasteiger partial charge in [-0.1, -0.05) is 18.2 Å². The van der Waals surface area contributed by atoms with Crippen LogP contribution < -0.4 is 9.47 Å². The molecule has 22 heavy (non-hydrogen) atoms. The van der Waals surface area contributed by atoms with E-state index in [1.165, 1.54) is 0 Å². The molecule has 5 heteroatoms. The highest BCUT2D eigenvalue weighted by Crippen LogP contribution is 2.35. The van der Waals surface area contributed by atoms with Crippen LogP contribution in [-0.2, 0) is 11.2 Å². The highest BCUT2D eigenvalue weighted by molar-refractivity contribution is 5.77. The molecule has 0 saturated carbocycles. The van der Waals surface area contributed by atoms with Crippen molar-refractivity contribution in [3.63, 3.8) is 0 Å². The van der Waals surface area contributed by atoms with Crippen LogP contribution in [0.1, 0.15) is 22.6 Å². The Hall–Kier alpha value is -3.00. The molecule has 2 aromatic carbocycles. The van der Waals surface area contributed by atoms with Crippen molar-refractivity contribution in [1.82, 2.24) is 0 Å². The second-order valence-electron chi connectivity index (χ2n) is 5.02. The summed E-state index contributed by atoms with van der Waals surface area (Å²) < 4.78 is 10.5. The fourth-order valence-electron chi connectivity index (χ4n) is 2.43. The molecule has 1 aliphatic rings. The fraction of sp³-hybridized carbons (Fsp3) is 0.176. The zero-order valence-electron chi connectivity index (χ0n) is 11.7. The van der Waals surface area contributed by atoms with Gasteiger partial charge in [-0.25, -0.2) is 0 Å². The summed E-state index contributed by atoms with van der Waals surface area (Å²) in [5.74, 6) is -0.375. The number of aliphatic carboxylic acids is 1. The van der Waals surface area contributed by atoms with Gasteiger partial charge in [0.25, 0.3) is 0 Å². The van der Waals surface area contributed by atoms with Crippen molar-refractivity contribution in [3.05, 3.63) is 59.2 Å². The summed E-state index contributed by atoms with van der Waals surface area (Å²) in [7, 11) is 0. The van der Waals surface area contributed by atoms with Crippen molar-refractivity contribution >= 4 is 5.97 Å². The Balaban J connectivity index is 1.86. The van der Waals surface area contributed by atoms with Crippen molar-refractivity contribution in [1.29, 1.82) is 5.26 Å². The molecule has 1 unspecified atom stereocenters. The summed E-state index contributed by atoms with van der Waals surface area (Å²) in [4.78, 5) is 11.6. The molecule has 2 aromatic rings. The summed E-state index contributed by atoms with van der Waals surface area (Å²) in [6.07, 6.45) is 0.348. The number of carboxylic acids is 1. The van der Waals surface area contributed by atoms with Gasteiger partial charge >= 0.3 is 5.97 Å². The van der Waals surface area contributed by atoms with E-state index < -0.39 is 11.9 Å². The van der Waals surface area contributed by atoms with Crippen LogP contribution in [0.4, 0.5) is 0 Å². The first kappa shape index (κ1) is 14.0. The molecular weight excluding hydrogens is 282 g/mol. The van der Waals surface area contributed by atoms with Gasteiger partial charge in [-0.15, -0.1) is 0 Å². The van der Waals surface area contributed by atoms with Gasteiger partial charge in [0.05, 0.1) is 17.6 Å². The van der Waals surface area contributed by atoms with Crippen molar-refractivity contribution in [2.45, 2.75) is 12.3 Å². The van der Waals surface area contributed by atoms with Crippen LogP contribution in [0.15, 0.2) is 42.5 Å². The van der Waals surface area contributed by atoms with Gasteiger partial charge in [-0.2, -0.15) is 5.26 Å². The summed E-state index contributed by atoms with van der Waals surface area (Å²) >= 11 is 0. The van der Waals surface area contributed by atoms with E-state index in [0.717, 1.165) is 5.56 Å². The number of ether oxygens (including phenoxy) is 2. The first-order valence-electron chi connectivity index (χ1n) is 6.79. The Labute approximate surface area is 127 Å². The summed E-state index contributed by atoms with van der Waals surface area (Å²) in [6, 6.07) is 14.2. The van der Waals surface area contributed by atoms with Crippen LogP contribution in [0.25, 0.3) is 0 Å². The van der Waals surface area contributed by atoms with E-state index in [-0.39, 0.29) is 6.79 Å². The molecule has 0 amide bonds. The van der Waals surface area contributed by atoms with Gasteiger partial charge in [0.1, 0.15) is 0 Å². The highest BCUT2D eigenvalue weighted by atomic mass is 16.7. The number of nitrogens with zero attached hydrogens (tertiary/aromatic N) is 1. The predicted molar refractivity (Wildman–Crippen MR) is 77.8 cm³/mol. The Morgan fingerprint density at radius 3 is 2.59 bits per heavy atom. The quantitative estimate of drug-likeness (QED) is 0.938. The van der Waals surface area contributed by atoms with Crippen LogP contribution in [0, 0.1) is 11.3 Å². The van der Waals surface area contributed by atoms with Gasteiger partial charge in [0.2, 0.25) is 6.79 Å². The molecule has 1 heterocycles. The summed E-state index contributed by atoms with van der Waals surface area (Å²) in [5, 5.41) is 18.3. The van der Waals surface area contributed by atoms with Crippen molar-refractivity contribution in [2.75, 3.05) is 6.79 Å². The topological polar surface area (TPSA) is 79.6 Å². The third kappa shape index (κ3) is 2.72. The van der Waals surface area contributed by atoms with Crippen molar-refractivity contribution in [3.8, 4) is 17.6 Å². The van der Waals surface area contributed by atoms with Gasteiger partial charge in [-0.05, 0) is 41.8 Å². The molecular formula is C17H13NO4. The SMILES string of the molecule is N#Cc1ccc(CC(C(=O)O)c2ccc3c(c2)OCO3)cc1. The smallest absolute Gasteiger partial charge is 0.311 e. The van der Waals surface area contributed by atoms with Gasteiger partial charge in [-0.3, -0.25) is 4.79 Å². The molecule has 0 radical (unpaired) electrons. The summed E-state index contributed by atoms with van der Waals surface area (Å²) in [5.41, 5.74) is 2.09. The van der Waals surface area contributed by atoms with Crippen LogP contribution >= 0.6 is 0 Å². The highest BCUT2D eigenvalue weighted by Gasteiger charge is 2.23. The number of hydrogen-bond acceptors (Lipinski definition) is 4. The Morgan fingerprint density at radius 1 is 1.18 bits per heavy atom. The van der Waals surface area contributed by atoms with E-state index in [1.54, 1.807) is 42.5 Å². The van der Waals surface area contributed by atoms with Gasteiger partial charge in [0, 0.05) is 0 Å². The number of fused-ring (bicyclic) bond motifs is 1. The largest absolute Gasteiger partial charge is 0.481 e. The van der Waals surface area contributed by atoms with E-state index in [4.69, 9.17) is 14.7 Å². The third-order valence-corrected chi connectivity index (χ3v) is 3.62. The average molecular weight is 295 g/mol. The maximum absolute atomic E-state index is 11.6. The number of benzene rings is 2. The molecule has 0 aromatic heterocycles. The minimum absolute atomic E-state index is 0.159. The molecule has 3 rings (SSSR count). The van der Waals surface area contributed by atoms with Crippen LogP contribution in [0.2, 0.25) is 0 Å². The predicted octanol–water partition coefficient (Wildman–Crippen LogP) is 2.70. The third-order valence-electron chi connectivity index (χ3n) is 3.62. The lowest BCUT2D eigenvalue weighted by Gasteiger charge is -2.13. The fourth-order valence-corrected chi connectivity index (χ4v) is 2.43. The van der Waals surface area contributed by atoms with Gasteiger partial charge in [0.15, 0.2) is 11.5 Å². The number of hydrogen-bond donors (Lipinski definition) is 1. The van der Waals surface area contributed by atoms with E-state index >= 15 is 0 Å². The second kappa shape index (κ2) is 5.78. The number of carboxylic acid groups (broad SMARTS) is 1. The van der Waals surface area contributed by atoms with Gasteiger partial charge < -0.3 is 14.6 Å². The molecule has 5 nitrogen and oxygen atoms in total. The Kier molecular flexibility index (Phi) is 3.67. The Morgan fingerprint density at radius 2 is 1.91 bits per heavy atom. The van der Waals surface area contributed by atoms with E-state index in [2.05, 4.69) is 0 Å². The minimum atomic E-state index is -0.900. The first-order valence-corrected chi connectivity index (χ1v) is 6.79. The maximum Gasteiger partial charge on any atom is 0.311 e. The molecule has 1 atom stereocenters. The Bertz CT molecular complexity index is 746. The first-order chi connectivity index (χ1) is 10.7. The molecule has 0 fully saturated rings. The lowest BCUT2D eigenvalue weighted by Crippen LogP contribution is -2.14. The molecule has 0 aliphatic carbocycles. The summed E-state index contributed by atoms with van der Waals surface area (Å²) in [6.45, 7) is 0.159. The zero-order chi connectivity index (χ0) is 15.5. The molecule has 1 aliphatic heterocycles. The number of nitriles is 1. The number of rotatable bonds is 4. The molecule has 0 spiro atoms. The molecule has 110 valence electrons. The normalized spacial score (nSPS) is 13.4. The van der Waals surface area contributed by atoms with E-state index in [0.29, 0.717) is 29.0 Å². The van der Waals surface area contributed by atoms with Crippen LogP contribution in [0.5, 0.6) is 11.5 Å². The van der Waals surface area contributed by atoms with Crippen molar-refractivity contribution in [2.24, 2.45) is 0 Å².